The van der Waals surface area contributed by atoms with Gasteiger partial charge in [-0.2, -0.15) is 15.3 Å². The summed E-state index contributed by atoms with van der Waals surface area (Å²) in [6.07, 6.45) is 4.46. The number of nitrogens with one attached hydrogen (secondary N) is 1. The number of aromatic nitrogens is 2. The first-order chi connectivity index (χ1) is 14.9. The van der Waals surface area contributed by atoms with Crippen LogP contribution in [0.5, 0.6) is 0 Å². The minimum Gasteiger partial charge on any atom is -0.265 e. The van der Waals surface area contributed by atoms with Gasteiger partial charge < -0.3 is 0 Å². The van der Waals surface area contributed by atoms with Crippen molar-refractivity contribution in [3.8, 4) is 0 Å². The summed E-state index contributed by atoms with van der Waals surface area (Å²) in [6.45, 7) is 0.888. The van der Waals surface area contributed by atoms with E-state index in [1.54, 1.807) is 12.4 Å². The molecule has 1 aromatic heterocycles. The van der Waals surface area contributed by atoms with Crippen molar-refractivity contribution in [2.75, 3.05) is 17.0 Å². The summed E-state index contributed by atoms with van der Waals surface area (Å²) in [5.74, 6) is 0.640. The van der Waals surface area contributed by atoms with Gasteiger partial charge in [-0.1, -0.05) is 66.7 Å². The molecule has 3 aromatic carbocycles. The van der Waals surface area contributed by atoms with Gasteiger partial charge in [0, 0.05) is 23.7 Å². The summed E-state index contributed by atoms with van der Waals surface area (Å²) in [4.78, 5) is 0. The highest BCUT2D eigenvalue weighted by Gasteiger charge is 2.16. The van der Waals surface area contributed by atoms with Crippen LogP contribution in [0.3, 0.4) is 0 Å². The van der Waals surface area contributed by atoms with Crippen LogP contribution >= 0.6 is 0 Å². The molecule has 0 aliphatic carbocycles. The van der Waals surface area contributed by atoms with E-state index in [2.05, 4.69) is 45.0 Å². The van der Waals surface area contributed by atoms with E-state index in [9.17, 15) is 0 Å². The van der Waals surface area contributed by atoms with Crippen molar-refractivity contribution in [1.29, 1.82) is 0 Å². The van der Waals surface area contributed by atoms with Crippen LogP contribution < -0.4 is 10.4 Å². The molecule has 0 bridgehead atoms. The number of hydrazone groups is 2. The van der Waals surface area contributed by atoms with Crippen molar-refractivity contribution in [1.82, 2.24) is 10.2 Å². The lowest BCUT2D eigenvalue weighted by atomic mass is 10.1. The fourth-order valence-electron chi connectivity index (χ4n) is 3.49. The van der Waals surface area contributed by atoms with E-state index in [-0.39, 0.29) is 0 Å². The standard InChI is InChI=1S/C24H20N6/c1-2-6-19(7-3-1)23-14-15-30(29-23)21-12-10-18(11-13-21)16-25-27-24-22-9-5-4-8-20(22)17-26-28-24/h1-13,16-17H,14-15H2,(H,27,28)/b25-16+. The Bertz CT molecular complexity index is 1210. The third-order valence-corrected chi connectivity index (χ3v) is 5.05. The summed E-state index contributed by atoms with van der Waals surface area (Å²) in [5, 5.41) is 21.3. The monoisotopic (exact) mass is 392 g/mol. The zero-order valence-corrected chi connectivity index (χ0v) is 16.3. The molecular weight excluding hydrogens is 372 g/mol. The van der Waals surface area contributed by atoms with Gasteiger partial charge in [0.05, 0.1) is 23.8 Å². The lowest BCUT2D eigenvalue weighted by molar-refractivity contribution is 0.922. The first-order valence-electron chi connectivity index (χ1n) is 9.87. The lowest BCUT2D eigenvalue weighted by Gasteiger charge is -2.13. The average molecular weight is 392 g/mol. The summed E-state index contributed by atoms with van der Waals surface area (Å²) in [6, 6.07) is 26.5. The maximum atomic E-state index is 4.78. The number of fused-ring (bicyclic) bond motifs is 1. The maximum Gasteiger partial charge on any atom is 0.176 e. The number of rotatable bonds is 5. The third-order valence-electron chi connectivity index (χ3n) is 5.05. The highest BCUT2D eigenvalue weighted by Crippen LogP contribution is 2.22. The molecule has 1 aliphatic heterocycles. The highest BCUT2D eigenvalue weighted by molar-refractivity contribution is 6.02. The van der Waals surface area contributed by atoms with E-state index < -0.39 is 0 Å². The molecule has 5 rings (SSSR count). The smallest absolute Gasteiger partial charge is 0.176 e. The lowest BCUT2D eigenvalue weighted by Crippen LogP contribution is -2.11. The van der Waals surface area contributed by atoms with E-state index in [0.29, 0.717) is 5.82 Å². The summed E-state index contributed by atoms with van der Waals surface area (Å²) < 4.78 is 0. The minimum absolute atomic E-state index is 0.640. The number of hydrogen-bond acceptors (Lipinski definition) is 6. The average Bonchev–Trinajstić information content (AvgIpc) is 3.31. The fraction of sp³-hybridized carbons (Fsp3) is 0.0833. The van der Waals surface area contributed by atoms with Gasteiger partial charge in [0.1, 0.15) is 0 Å². The molecule has 0 saturated heterocycles. The van der Waals surface area contributed by atoms with Gasteiger partial charge in [0.15, 0.2) is 5.82 Å². The van der Waals surface area contributed by atoms with Crippen LogP contribution in [-0.2, 0) is 0 Å². The number of nitrogens with zero attached hydrogens (tertiary/aromatic N) is 5. The largest absolute Gasteiger partial charge is 0.265 e. The molecule has 2 heterocycles. The molecule has 1 aliphatic rings. The Kier molecular flexibility index (Phi) is 4.88. The molecule has 0 radical (unpaired) electrons. The predicted molar refractivity (Wildman–Crippen MR) is 122 cm³/mol. The third kappa shape index (κ3) is 3.75. The molecule has 0 atom stereocenters. The van der Waals surface area contributed by atoms with E-state index in [1.807, 2.05) is 59.6 Å². The first-order valence-corrected chi connectivity index (χ1v) is 9.87. The molecule has 0 unspecified atom stereocenters. The highest BCUT2D eigenvalue weighted by atomic mass is 15.5. The Hall–Kier alpha value is -4.06. The zero-order chi connectivity index (χ0) is 20.2. The summed E-state index contributed by atoms with van der Waals surface area (Å²) in [7, 11) is 0. The molecule has 4 aromatic rings. The SMILES string of the molecule is C(=N\Nc1nncc2ccccc12)/c1ccc(N2CCC(c3ccccc3)=N2)cc1. The van der Waals surface area contributed by atoms with Crippen LogP contribution in [-0.4, -0.2) is 28.7 Å². The molecular formula is C24H20N6. The second-order valence-corrected chi connectivity index (χ2v) is 7.03. The second kappa shape index (κ2) is 8.13. The fourth-order valence-corrected chi connectivity index (χ4v) is 3.49. The van der Waals surface area contributed by atoms with Crippen molar-refractivity contribution in [3.05, 3.63) is 96.2 Å². The Morgan fingerprint density at radius 3 is 2.57 bits per heavy atom. The zero-order valence-electron chi connectivity index (χ0n) is 16.3. The summed E-state index contributed by atoms with van der Waals surface area (Å²) >= 11 is 0. The molecule has 146 valence electrons. The van der Waals surface area contributed by atoms with Crippen molar-refractivity contribution in [2.45, 2.75) is 6.42 Å². The van der Waals surface area contributed by atoms with Crippen LogP contribution in [0.15, 0.2) is 95.3 Å². The van der Waals surface area contributed by atoms with Crippen molar-refractivity contribution < 1.29 is 0 Å². The van der Waals surface area contributed by atoms with Gasteiger partial charge in [-0.25, -0.2) is 0 Å². The van der Waals surface area contributed by atoms with Gasteiger partial charge in [0.25, 0.3) is 0 Å². The quantitative estimate of drug-likeness (QED) is 0.395. The van der Waals surface area contributed by atoms with Crippen LogP contribution in [0.4, 0.5) is 11.5 Å². The van der Waals surface area contributed by atoms with E-state index in [1.165, 1.54) is 5.56 Å². The van der Waals surface area contributed by atoms with E-state index >= 15 is 0 Å². The normalized spacial score (nSPS) is 13.7. The Balaban J connectivity index is 1.27. The van der Waals surface area contributed by atoms with Crippen molar-refractivity contribution >= 4 is 34.2 Å². The van der Waals surface area contributed by atoms with E-state index in [0.717, 1.165) is 40.7 Å². The maximum absolute atomic E-state index is 4.78. The van der Waals surface area contributed by atoms with E-state index in [4.69, 9.17) is 5.10 Å². The molecule has 6 nitrogen and oxygen atoms in total. The molecule has 1 N–H and O–H groups in total. The van der Waals surface area contributed by atoms with Crippen LogP contribution in [0.1, 0.15) is 17.5 Å². The second-order valence-electron chi connectivity index (χ2n) is 7.03. The summed E-state index contributed by atoms with van der Waals surface area (Å²) in [5.41, 5.74) is 7.37. The molecule has 0 fully saturated rings. The topological polar surface area (TPSA) is 65.8 Å². The molecule has 6 heteroatoms. The van der Waals surface area contributed by atoms with Crippen molar-refractivity contribution in [2.24, 2.45) is 10.2 Å². The predicted octanol–water partition coefficient (Wildman–Crippen LogP) is 4.69. The van der Waals surface area contributed by atoms with Gasteiger partial charge >= 0.3 is 0 Å². The van der Waals surface area contributed by atoms with Crippen LogP contribution in [0, 0.1) is 0 Å². The Labute approximate surface area is 174 Å². The van der Waals surface area contributed by atoms with Crippen LogP contribution in [0.25, 0.3) is 10.8 Å². The number of anilines is 2. The van der Waals surface area contributed by atoms with Gasteiger partial charge in [-0.15, -0.1) is 5.10 Å². The number of benzene rings is 3. The molecule has 0 spiro atoms. The van der Waals surface area contributed by atoms with Gasteiger partial charge in [-0.3, -0.25) is 10.4 Å². The van der Waals surface area contributed by atoms with Crippen LogP contribution in [0.2, 0.25) is 0 Å². The van der Waals surface area contributed by atoms with Crippen molar-refractivity contribution in [3.63, 3.8) is 0 Å². The molecule has 30 heavy (non-hydrogen) atoms. The Morgan fingerprint density at radius 2 is 1.70 bits per heavy atom. The van der Waals surface area contributed by atoms with Gasteiger partial charge in [-0.05, 0) is 23.3 Å². The minimum atomic E-state index is 0.640. The first kappa shape index (κ1) is 18.0. The van der Waals surface area contributed by atoms with Gasteiger partial charge in [0.2, 0.25) is 0 Å². The Morgan fingerprint density at radius 1 is 0.900 bits per heavy atom. The number of hydrogen-bond donors (Lipinski definition) is 1. The molecule has 0 amide bonds. The molecule has 0 saturated carbocycles.